The van der Waals surface area contributed by atoms with Gasteiger partial charge in [0.1, 0.15) is 5.82 Å². The molecule has 102 valence electrons. The van der Waals surface area contributed by atoms with E-state index in [1.54, 1.807) is 19.2 Å². The highest BCUT2D eigenvalue weighted by molar-refractivity contribution is 6.30. The second kappa shape index (κ2) is 8.43. The van der Waals surface area contributed by atoms with Crippen molar-refractivity contribution in [3.8, 4) is 0 Å². The van der Waals surface area contributed by atoms with E-state index in [1.165, 1.54) is 6.07 Å². The summed E-state index contributed by atoms with van der Waals surface area (Å²) in [5, 5.41) is 3.64. The lowest BCUT2D eigenvalue weighted by molar-refractivity contribution is 0.0597. The number of nitrogens with one attached hydrogen (secondary N) is 1. The van der Waals surface area contributed by atoms with Gasteiger partial charge >= 0.3 is 0 Å². The van der Waals surface area contributed by atoms with E-state index in [4.69, 9.17) is 21.1 Å². The van der Waals surface area contributed by atoms with E-state index < -0.39 is 0 Å². The van der Waals surface area contributed by atoms with Gasteiger partial charge in [-0.25, -0.2) is 4.39 Å². The molecule has 0 amide bonds. The fourth-order valence-corrected chi connectivity index (χ4v) is 1.77. The molecule has 1 aromatic carbocycles. The van der Waals surface area contributed by atoms with Crippen molar-refractivity contribution in [2.24, 2.45) is 0 Å². The van der Waals surface area contributed by atoms with Crippen molar-refractivity contribution in [3.63, 3.8) is 0 Å². The number of hydrogen-bond acceptors (Lipinski definition) is 3. The van der Waals surface area contributed by atoms with Gasteiger partial charge in [0.15, 0.2) is 0 Å². The summed E-state index contributed by atoms with van der Waals surface area (Å²) < 4.78 is 23.9. The number of methoxy groups -OCH3 is 1. The van der Waals surface area contributed by atoms with Gasteiger partial charge in [-0.3, -0.25) is 0 Å². The van der Waals surface area contributed by atoms with Gasteiger partial charge in [0.05, 0.1) is 19.8 Å². The number of halogens is 2. The standard InChI is InChI=1S/C13H19ClFNO2/c1-16-12(9-18-6-5-17-2)8-10-7-11(14)3-4-13(10)15/h3-4,7,12,16H,5-6,8-9H2,1-2H3. The Morgan fingerprint density at radius 3 is 2.83 bits per heavy atom. The van der Waals surface area contributed by atoms with Gasteiger partial charge in [0, 0.05) is 18.2 Å². The Morgan fingerprint density at radius 2 is 2.17 bits per heavy atom. The summed E-state index contributed by atoms with van der Waals surface area (Å²) in [6.07, 6.45) is 0.538. The lowest BCUT2D eigenvalue weighted by Crippen LogP contribution is -2.33. The van der Waals surface area contributed by atoms with E-state index in [0.717, 1.165) is 0 Å². The normalized spacial score (nSPS) is 12.7. The molecule has 0 radical (unpaired) electrons. The predicted octanol–water partition coefficient (Wildman–Crippen LogP) is 2.27. The maximum Gasteiger partial charge on any atom is 0.126 e. The number of likely N-dealkylation sites (N-methyl/N-ethyl adjacent to an activating group) is 1. The van der Waals surface area contributed by atoms with Crippen LogP contribution in [0.4, 0.5) is 4.39 Å². The first-order valence-corrected chi connectivity index (χ1v) is 6.23. The third kappa shape index (κ3) is 5.31. The molecule has 3 nitrogen and oxygen atoms in total. The maximum absolute atomic E-state index is 13.6. The highest BCUT2D eigenvalue weighted by atomic mass is 35.5. The molecule has 1 aromatic rings. The predicted molar refractivity (Wildman–Crippen MR) is 70.7 cm³/mol. The molecule has 1 N–H and O–H groups in total. The van der Waals surface area contributed by atoms with Gasteiger partial charge < -0.3 is 14.8 Å². The molecule has 0 aliphatic carbocycles. The Morgan fingerprint density at radius 1 is 1.39 bits per heavy atom. The summed E-state index contributed by atoms with van der Waals surface area (Å²) in [4.78, 5) is 0. The van der Waals surface area contributed by atoms with Crippen LogP contribution in [-0.2, 0) is 15.9 Å². The third-order valence-corrected chi connectivity index (χ3v) is 2.87. The zero-order valence-corrected chi connectivity index (χ0v) is 11.5. The average molecular weight is 276 g/mol. The maximum atomic E-state index is 13.6. The fraction of sp³-hybridized carbons (Fsp3) is 0.538. The van der Waals surface area contributed by atoms with Gasteiger partial charge in [-0.1, -0.05) is 11.6 Å². The van der Waals surface area contributed by atoms with Crippen LogP contribution in [0.2, 0.25) is 5.02 Å². The topological polar surface area (TPSA) is 30.5 Å². The van der Waals surface area contributed by atoms with Crippen molar-refractivity contribution in [2.75, 3.05) is 34.0 Å². The van der Waals surface area contributed by atoms with Gasteiger partial charge in [0.25, 0.3) is 0 Å². The summed E-state index contributed by atoms with van der Waals surface area (Å²) in [5.74, 6) is -0.239. The van der Waals surface area contributed by atoms with Crippen molar-refractivity contribution in [3.05, 3.63) is 34.6 Å². The highest BCUT2D eigenvalue weighted by Gasteiger charge is 2.11. The molecule has 5 heteroatoms. The fourth-order valence-electron chi connectivity index (χ4n) is 1.58. The number of hydrogen-bond donors (Lipinski definition) is 1. The number of benzene rings is 1. The first-order chi connectivity index (χ1) is 8.67. The summed E-state index contributed by atoms with van der Waals surface area (Å²) in [7, 11) is 3.45. The van der Waals surface area contributed by atoms with E-state index in [2.05, 4.69) is 5.32 Å². The van der Waals surface area contributed by atoms with Crippen LogP contribution in [-0.4, -0.2) is 40.0 Å². The van der Waals surface area contributed by atoms with E-state index >= 15 is 0 Å². The lowest BCUT2D eigenvalue weighted by atomic mass is 10.1. The Labute approximate surface area is 112 Å². The van der Waals surface area contributed by atoms with E-state index in [-0.39, 0.29) is 11.9 Å². The van der Waals surface area contributed by atoms with Gasteiger partial charge in [-0.2, -0.15) is 0 Å². The summed E-state index contributed by atoms with van der Waals surface area (Å²) in [6, 6.07) is 4.63. The number of ether oxygens (including phenoxy) is 2. The van der Waals surface area contributed by atoms with Crippen molar-refractivity contribution < 1.29 is 13.9 Å². The molecule has 1 atom stereocenters. The van der Waals surface area contributed by atoms with Crippen LogP contribution in [0.1, 0.15) is 5.56 Å². The minimum Gasteiger partial charge on any atom is -0.382 e. The summed E-state index contributed by atoms with van der Waals surface area (Å²) >= 11 is 5.85. The van der Waals surface area contributed by atoms with E-state index in [9.17, 15) is 4.39 Å². The number of rotatable bonds is 8. The molecule has 18 heavy (non-hydrogen) atoms. The minimum atomic E-state index is -0.239. The van der Waals surface area contributed by atoms with Crippen molar-refractivity contribution >= 4 is 11.6 Å². The highest BCUT2D eigenvalue weighted by Crippen LogP contribution is 2.16. The van der Waals surface area contributed by atoms with Gasteiger partial charge in [-0.05, 0) is 37.2 Å². The minimum absolute atomic E-state index is 0.0508. The second-order valence-electron chi connectivity index (χ2n) is 3.99. The molecule has 0 fully saturated rings. The molecule has 0 heterocycles. The van der Waals surface area contributed by atoms with Crippen LogP contribution in [0.15, 0.2) is 18.2 Å². The quantitative estimate of drug-likeness (QED) is 0.739. The van der Waals surface area contributed by atoms with E-state index in [0.29, 0.717) is 36.8 Å². The van der Waals surface area contributed by atoms with Crippen LogP contribution in [0.5, 0.6) is 0 Å². The Balaban J connectivity index is 2.48. The van der Waals surface area contributed by atoms with Gasteiger partial charge in [0.2, 0.25) is 0 Å². The van der Waals surface area contributed by atoms with Crippen LogP contribution < -0.4 is 5.32 Å². The molecule has 0 bridgehead atoms. The molecule has 1 unspecified atom stereocenters. The molecule has 0 saturated carbocycles. The molecule has 0 aliphatic heterocycles. The third-order valence-electron chi connectivity index (χ3n) is 2.63. The van der Waals surface area contributed by atoms with Gasteiger partial charge in [-0.15, -0.1) is 0 Å². The zero-order chi connectivity index (χ0) is 13.4. The molecule has 0 spiro atoms. The zero-order valence-electron chi connectivity index (χ0n) is 10.7. The Hall–Kier alpha value is -0.680. The van der Waals surface area contributed by atoms with Crippen molar-refractivity contribution in [2.45, 2.75) is 12.5 Å². The van der Waals surface area contributed by atoms with Crippen LogP contribution in [0.25, 0.3) is 0 Å². The van der Waals surface area contributed by atoms with E-state index in [1.807, 2.05) is 7.05 Å². The smallest absolute Gasteiger partial charge is 0.126 e. The summed E-state index contributed by atoms with van der Waals surface area (Å²) in [6.45, 7) is 1.60. The molecule has 0 aromatic heterocycles. The van der Waals surface area contributed by atoms with Crippen LogP contribution in [0.3, 0.4) is 0 Å². The molecule has 0 aliphatic rings. The summed E-state index contributed by atoms with van der Waals surface area (Å²) in [5.41, 5.74) is 0.595. The second-order valence-corrected chi connectivity index (χ2v) is 4.43. The molecular formula is C13H19ClFNO2. The Bertz CT molecular complexity index is 363. The monoisotopic (exact) mass is 275 g/mol. The van der Waals surface area contributed by atoms with Crippen molar-refractivity contribution in [1.29, 1.82) is 0 Å². The van der Waals surface area contributed by atoms with Crippen LogP contribution in [0, 0.1) is 5.82 Å². The first kappa shape index (κ1) is 15.4. The SMILES string of the molecule is CNC(COCCOC)Cc1cc(Cl)ccc1F. The first-order valence-electron chi connectivity index (χ1n) is 5.85. The largest absolute Gasteiger partial charge is 0.382 e. The molecular weight excluding hydrogens is 257 g/mol. The molecule has 1 rings (SSSR count). The lowest BCUT2D eigenvalue weighted by Gasteiger charge is -2.17. The molecule has 0 saturated heterocycles. The van der Waals surface area contributed by atoms with Crippen LogP contribution >= 0.6 is 11.6 Å². The van der Waals surface area contributed by atoms with Crippen molar-refractivity contribution in [1.82, 2.24) is 5.32 Å². The Kier molecular flexibility index (Phi) is 7.20. The average Bonchev–Trinajstić information content (AvgIpc) is 2.37.